The van der Waals surface area contributed by atoms with E-state index in [4.69, 9.17) is 25.8 Å². The number of halogens is 1. The molecule has 222 valence electrons. The van der Waals surface area contributed by atoms with E-state index in [0.29, 0.717) is 9.87 Å². The van der Waals surface area contributed by atoms with Gasteiger partial charge in [0, 0.05) is 16.7 Å². The number of nitro groups is 1. The Balaban J connectivity index is 1.92. The maximum absolute atomic E-state index is 13.8. The smallest absolute Gasteiger partial charge is 0.495 e. The summed E-state index contributed by atoms with van der Waals surface area (Å²) in [7, 11) is -0.763. The molecule has 0 heterocycles. The lowest BCUT2D eigenvalue weighted by molar-refractivity contribution is -0.385. The number of carbonyl (C=O) groups excluding carboxylic acids is 2. The van der Waals surface area contributed by atoms with E-state index < -0.39 is 44.1 Å². The van der Waals surface area contributed by atoms with E-state index in [1.165, 1.54) is 75.9 Å². The van der Waals surface area contributed by atoms with Crippen molar-refractivity contribution in [2.75, 3.05) is 32.2 Å². The first kappa shape index (κ1) is 31.6. The Morgan fingerprint density at radius 1 is 1.02 bits per heavy atom. The summed E-state index contributed by atoms with van der Waals surface area (Å²) in [6.07, 6.45) is 0.294. The highest BCUT2D eigenvalue weighted by Crippen LogP contribution is 2.35. The summed E-state index contributed by atoms with van der Waals surface area (Å²) in [5.74, 6) is -0.537. The molecule has 1 N–H and O–H groups in total. The fourth-order valence-corrected chi connectivity index (χ4v) is 5.17. The zero-order chi connectivity index (χ0) is 31.0. The number of nitrogens with one attached hydrogen (secondary N) is 1. The third kappa shape index (κ3) is 7.44. The minimum absolute atomic E-state index is 0.0715. The molecular formula is C26H25ClN4O10S. The average molecular weight is 621 g/mol. The number of amides is 1. The van der Waals surface area contributed by atoms with Crippen LogP contribution in [0.1, 0.15) is 11.1 Å². The molecule has 3 aromatic rings. The quantitative estimate of drug-likeness (QED) is 0.108. The molecule has 42 heavy (non-hydrogen) atoms. The van der Waals surface area contributed by atoms with E-state index in [2.05, 4.69) is 15.3 Å². The minimum atomic E-state index is -4.57. The molecule has 0 unspecified atom stereocenters. The number of aryl methyl sites for hydroxylation is 1. The molecule has 3 aromatic carbocycles. The van der Waals surface area contributed by atoms with Gasteiger partial charge in [-0.15, -0.1) is 0 Å². The van der Waals surface area contributed by atoms with Crippen LogP contribution >= 0.6 is 11.6 Å². The van der Waals surface area contributed by atoms with Gasteiger partial charge in [-0.2, -0.15) is 5.10 Å². The van der Waals surface area contributed by atoms with Crippen molar-refractivity contribution in [1.82, 2.24) is 5.43 Å². The van der Waals surface area contributed by atoms with Crippen LogP contribution in [0.2, 0.25) is 5.02 Å². The van der Waals surface area contributed by atoms with Crippen molar-refractivity contribution in [2.24, 2.45) is 5.10 Å². The van der Waals surface area contributed by atoms with Gasteiger partial charge in [-0.05, 0) is 55.0 Å². The number of nitrogens with zero attached hydrogens (tertiary/aromatic N) is 3. The van der Waals surface area contributed by atoms with Crippen LogP contribution in [-0.2, 0) is 19.6 Å². The summed E-state index contributed by atoms with van der Waals surface area (Å²) in [6.45, 7) is 0.667. The molecule has 1 amide bonds. The van der Waals surface area contributed by atoms with Gasteiger partial charge in [-0.3, -0.25) is 19.2 Å². The molecule has 0 saturated carbocycles. The van der Waals surface area contributed by atoms with Crippen LogP contribution in [0.15, 0.2) is 64.6 Å². The first-order valence-electron chi connectivity index (χ1n) is 11.8. The van der Waals surface area contributed by atoms with Gasteiger partial charge in [0.2, 0.25) is 0 Å². The monoisotopic (exact) mass is 620 g/mol. The second kappa shape index (κ2) is 13.6. The Morgan fingerprint density at radius 3 is 2.36 bits per heavy atom. The fourth-order valence-electron chi connectivity index (χ4n) is 3.56. The van der Waals surface area contributed by atoms with Gasteiger partial charge in [0.1, 0.15) is 12.3 Å². The van der Waals surface area contributed by atoms with Gasteiger partial charge in [-0.1, -0.05) is 17.7 Å². The van der Waals surface area contributed by atoms with Gasteiger partial charge in [-0.25, -0.2) is 18.6 Å². The van der Waals surface area contributed by atoms with Crippen LogP contribution in [0.4, 0.5) is 16.2 Å². The normalized spacial score (nSPS) is 11.1. The summed E-state index contributed by atoms with van der Waals surface area (Å²) < 4.78 is 48.1. The van der Waals surface area contributed by atoms with Gasteiger partial charge in [0.15, 0.2) is 11.5 Å². The standard InChI is InChI=1S/C26H25ClN4O10S/c1-16-5-8-19(13-20(16)31(34)35)42(36,37)30(21-12-18(27)7-10-22(21)38-2)15-25(32)29-28-14-17-6-9-23(24(11-17)39-3)41-26(33)40-4/h5-14H,15H2,1-4H3,(H,29,32)/b28-14-. The highest BCUT2D eigenvalue weighted by molar-refractivity contribution is 7.92. The van der Waals surface area contributed by atoms with E-state index in [9.17, 15) is 28.1 Å². The zero-order valence-corrected chi connectivity index (χ0v) is 24.3. The Kier molecular flexibility index (Phi) is 10.3. The number of hydrogen-bond donors (Lipinski definition) is 1. The van der Waals surface area contributed by atoms with Gasteiger partial charge < -0.3 is 18.9 Å². The van der Waals surface area contributed by atoms with E-state index >= 15 is 0 Å². The maximum Gasteiger partial charge on any atom is 0.513 e. The van der Waals surface area contributed by atoms with Gasteiger partial charge in [0.05, 0.1) is 43.1 Å². The van der Waals surface area contributed by atoms with E-state index in [1.807, 2.05) is 0 Å². The lowest BCUT2D eigenvalue weighted by Gasteiger charge is -2.25. The summed E-state index contributed by atoms with van der Waals surface area (Å²) in [4.78, 5) is 34.6. The highest BCUT2D eigenvalue weighted by Gasteiger charge is 2.31. The summed E-state index contributed by atoms with van der Waals surface area (Å²) in [6, 6.07) is 11.9. The number of nitro benzene ring substituents is 1. The number of hydrazone groups is 1. The first-order chi connectivity index (χ1) is 19.9. The third-order valence-electron chi connectivity index (χ3n) is 5.61. The lowest BCUT2D eigenvalue weighted by atomic mass is 10.2. The Hall–Kier alpha value is -4.89. The number of sulfonamides is 1. The molecule has 14 nitrogen and oxygen atoms in total. The lowest BCUT2D eigenvalue weighted by Crippen LogP contribution is -2.39. The van der Waals surface area contributed by atoms with Crippen molar-refractivity contribution in [3.63, 3.8) is 0 Å². The second-order valence-electron chi connectivity index (χ2n) is 8.29. The van der Waals surface area contributed by atoms with Crippen molar-refractivity contribution < 1.29 is 41.9 Å². The topological polar surface area (TPSA) is 176 Å². The van der Waals surface area contributed by atoms with E-state index in [-0.39, 0.29) is 33.5 Å². The predicted molar refractivity (Wildman–Crippen MR) is 152 cm³/mol. The molecule has 0 aromatic heterocycles. The molecule has 0 aliphatic heterocycles. The Labute approximate surface area is 245 Å². The molecule has 0 aliphatic rings. The van der Waals surface area contributed by atoms with Crippen LogP contribution < -0.4 is 23.9 Å². The van der Waals surface area contributed by atoms with E-state index in [0.717, 1.165) is 13.2 Å². The fraction of sp³-hybridized carbons (Fsp3) is 0.192. The second-order valence-corrected chi connectivity index (χ2v) is 10.6. The number of hydrogen-bond acceptors (Lipinski definition) is 11. The molecule has 0 fully saturated rings. The number of anilines is 1. The largest absolute Gasteiger partial charge is 0.513 e. The minimum Gasteiger partial charge on any atom is -0.495 e. The van der Waals surface area contributed by atoms with Crippen LogP contribution in [0.5, 0.6) is 17.2 Å². The SMILES string of the molecule is COC(=O)Oc1ccc(/C=N\NC(=O)CN(c2cc(Cl)ccc2OC)S(=O)(=O)c2ccc(C)c([N+](=O)[O-])c2)cc1OC. The summed E-state index contributed by atoms with van der Waals surface area (Å²) in [5.41, 5.74) is 2.41. The van der Waals surface area contributed by atoms with Crippen molar-refractivity contribution in [3.8, 4) is 17.2 Å². The molecule has 16 heteroatoms. The van der Waals surface area contributed by atoms with Crippen LogP contribution in [0.25, 0.3) is 0 Å². The number of carbonyl (C=O) groups is 2. The summed E-state index contributed by atoms with van der Waals surface area (Å²) in [5, 5.41) is 15.5. The van der Waals surface area contributed by atoms with Crippen LogP contribution in [0.3, 0.4) is 0 Å². The van der Waals surface area contributed by atoms with Gasteiger partial charge >= 0.3 is 6.16 Å². The summed E-state index contributed by atoms with van der Waals surface area (Å²) >= 11 is 6.13. The molecule has 0 atom stereocenters. The predicted octanol–water partition coefficient (Wildman–Crippen LogP) is 4.06. The Bertz CT molecular complexity index is 1650. The molecule has 0 bridgehead atoms. The number of ether oxygens (including phenoxy) is 4. The van der Waals surface area contributed by atoms with Crippen LogP contribution in [0, 0.1) is 17.0 Å². The molecule has 0 aliphatic carbocycles. The zero-order valence-electron chi connectivity index (χ0n) is 22.7. The van der Waals surface area contributed by atoms with E-state index in [1.54, 1.807) is 0 Å². The number of methoxy groups -OCH3 is 3. The maximum atomic E-state index is 13.8. The molecular weight excluding hydrogens is 596 g/mol. The van der Waals surface area contributed by atoms with Crippen molar-refractivity contribution in [3.05, 3.63) is 80.9 Å². The third-order valence-corrected chi connectivity index (χ3v) is 7.60. The highest BCUT2D eigenvalue weighted by atomic mass is 35.5. The van der Waals surface area contributed by atoms with Gasteiger partial charge in [0.25, 0.3) is 21.6 Å². The number of rotatable bonds is 11. The van der Waals surface area contributed by atoms with Crippen molar-refractivity contribution >= 4 is 51.3 Å². The van der Waals surface area contributed by atoms with Crippen molar-refractivity contribution in [2.45, 2.75) is 11.8 Å². The molecule has 3 rings (SSSR count). The Morgan fingerprint density at radius 2 is 1.71 bits per heavy atom. The molecule has 0 spiro atoms. The molecule has 0 radical (unpaired) electrons. The molecule has 0 saturated heterocycles. The van der Waals surface area contributed by atoms with Crippen molar-refractivity contribution in [1.29, 1.82) is 0 Å². The first-order valence-corrected chi connectivity index (χ1v) is 13.6. The average Bonchev–Trinajstić information content (AvgIpc) is 2.96. The van der Waals surface area contributed by atoms with Crippen LogP contribution in [-0.4, -0.2) is 59.5 Å². The number of benzene rings is 3.